The first-order valence-electron chi connectivity index (χ1n) is 7.46. The molecule has 1 aliphatic rings. The van der Waals surface area contributed by atoms with Gasteiger partial charge in [-0.3, -0.25) is 4.79 Å². The number of nitrogens with zero attached hydrogens (tertiary/aromatic N) is 1. The normalized spacial score (nSPS) is 22.1. The van der Waals surface area contributed by atoms with Gasteiger partial charge in [0.25, 0.3) is 0 Å². The van der Waals surface area contributed by atoms with Gasteiger partial charge < -0.3 is 20.9 Å². The van der Waals surface area contributed by atoms with E-state index in [-0.39, 0.29) is 17.4 Å². The molecule has 1 atom stereocenters. The molecule has 0 radical (unpaired) electrons. The van der Waals surface area contributed by atoms with Crippen LogP contribution in [0.2, 0.25) is 0 Å². The Morgan fingerprint density at radius 3 is 2.50 bits per heavy atom. The molecule has 0 saturated carbocycles. The molecule has 3 N–H and O–H groups in total. The summed E-state index contributed by atoms with van der Waals surface area (Å²) in [7, 11) is 3.38. The molecule has 0 aromatic rings. The Bertz CT molecular complexity index is 320. The van der Waals surface area contributed by atoms with Gasteiger partial charge in [0.15, 0.2) is 0 Å². The van der Waals surface area contributed by atoms with Crippen molar-refractivity contribution in [1.82, 2.24) is 20.9 Å². The largest absolute Gasteiger partial charge is 0.354 e. The molecule has 0 aliphatic carbocycles. The minimum Gasteiger partial charge on any atom is -0.354 e. The Balaban J connectivity index is 2.37. The van der Waals surface area contributed by atoms with E-state index in [9.17, 15) is 9.59 Å². The number of rotatable bonds is 6. The molecule has 6 nitrogen and oxygen atoms in total. The Hall–Kier alpha value is -1.30. The molecule has 1 heterocycles. The SMILES string of the molecule is CCCC1(C(=O)NCCNC(=O)N(C)C)CCCNC1. The molecule has 0 aromatic heterocycles. The number of piperidine rings is 1. The van der Waals surface area contributed by atoms with E-state index in [0.717, 1.165) is 38.8 Å². The van der Waals surface area contributed by atoms with Gasteiger partial charge in [-0.25, -0.2) is 4.79 Å². The molecule has 1 aliphatic heterocycles. The summed E-state index contributed by atoms with van der Waals surface area (Å²) in [6.07, 6.45) is 3.91. The fraction of sp³-hybridized carbons (Fsp3) is 0.857. The zero-order valence-electron chi connectivity index (χ0n) is 12.9. The zero-order valence-corrected chi connectivity index (χ0v) is 12.9. The predicted molar refractivity (Wildman–Crippen MR) is 79.5 cm³/mol. The number of carbonyl (C=O) groups excluding carboxylic acids is 2. The maximum absolute atomic E-state index is 12.4. The minimum atomic E-state index is -0.265. The standard InChI is InChI=1S/C14H28N4O2/c1-4-6-14(7-5-8-15-11-14)12(19)16-9-10-17-13(20)18(2)3/h15H,4-11H2,1-3H3,(H,16,19)(H,17,20). The van der Waals surface area contributed by atoms with Crippen LogP contribution in [0.5, 0.6) is 0 Å². The second-order valence-corrected chi connectivity index (χ2v) is 5.69. The average molecular weight is 284 g/mol. The molecule has 116 valence electrons. The van der Waals surface area contributed by atoms with Gasteiger partial charge in [0, 0.05) is 33.7 Å². The molecule has 0 spiro atoms. The molecular weight excluding hydrogens is 256 g/mol. The predicted octanol–water partition coefficient (Wildman–Crippen LogP) is 0.544. The van der Waals surface area contributed by atoms with E-state index in [0.29, 0.717) is 13.1 Å². The van der Waals surface area contributed by atoms with Crippen molar-refractivity contribution in [2.75, 3.05) is 40.3 Å². The molecule has 1 rings (SSSR count). The van der Waals surface area contributed by atoms with Crippen LogP contribution in [-0.2, 0) is 4.79 Å². The van der Waals surface area contributed by atoms with Gasteiger partial charge in [0.2, 0.25) is 5.91 Å². The van der Waals surface area contributed by atoms with Crippen molar-refractivity contribution in [3.8, 4) is 0 Å². The van der Waals surface area contributed by atoms with Crippen molar-refractivity contribution in [2.24, 2.45) is 5.41 Å². The fourth-order valence-electron chi connectivity index (χ4n) is 2.66. The van der Waals surface area contributed by atoms with E-state index in [1.54, 1.807) is 14.1 Å². The average Bonchev–Trinajstić information content (AvgIpc) is 2.44. The summed E-state index contributed by atoms with van der Waals surface area (Å²) in [4.78, 5) is 25.2. The number of hydrogen-bond donors (Lipinski definition) is 3. The first-order valence-corrected chi connectivity index (χ1v) is 7.46. The van der Waals surface area contributed by atoms with Gasteiger partial charge >= 0.3 is 6.03 Å². The molecule has 1 saturated heterocycles. The third kappa shape index (κ3) is 4.67. The van der Waals surface area contributed by atoms with Crippen LogP contribution < -0.4 is 16.0 Å². The molecule has 0 bridgehead atoms. The van der Waals surface area contributed by atoms with Crippen molar-refractivity contribution in [1.29, 1.82) is 0 Å². The Morgan fingerprint density at radius 1 is 1.25 bits per heavy atom. The third-order valence-electron chi connectivity index (χ3n) is 3.78. The van der Waals surface area contributed by atoms with Crippen LogP contribution in [-0.4, -0.2) is 57.1 Å². The van der Waals surface area contributed by atoms with Crippen molar-refractivity contribution in [3.05, 3.63) is 0 Å². The van der Waals surface area contributed by atoms with E-state index < -0.39 is 0 Å². The van der Waals surface area contributed by atoms with Gasteiger partial charge in [-0.05, 0) is 25.8 Å². The summed E-state index contributed by atoms with van der Waals surface area (Å²) in [6.45, 7) is 4.80. The van der Waals surface area contributed by atoms with Crippen LogP contribution in [0, 0.1) is 5.41 Å². The maximum Gasteiger partial charge on any atom is 0.316 e. The van der Waals surface area contributed by atoms with Gasteiger partial charge in [-0.2, -0.15) is 0 Å². The number of nitrogens with one attached hydrogen (secondary N) is 3. The van der Waals surface area contributed by atoms with Gasteiger partial charge in [-0.1, -0.05) is 13.3 Å². The van der Waals surface area contributed by atoms with Gasteiger partial charge in [-0.15, -0.1) is 0 Å². The van der Waals surface area contributed by atoms with Crippen LogP contribution in [0.4, 0.5) is 4.79 Å². The summed E-state index contributed by atoms with van der Waals surface area (Å²) in [5, 5.41) is 9.03. The summed E-state index contributed by atoms with van der Waals surface area (Å²) in [5.41, 5.74) is -0.265. The van der Waals surface area contributed by atoms with E-state index in [2.05, 4.69) is 22.9 Å². The van der Waals surface area contributed by atoms with Gasteiger partial charge in [0.1, 0.15) is 0 Å². The first-order chi connectivity index (χ1) is 9.52. The number of hydrogen-bond acceptors (Lipinski definition) is 3. The summed E-state index contributed by atoms with van der Waals surface area (Å²) < 4.78 is 0. The monoisotopic (exact) mass is 284 g/mol. The highest BCUT2D eigenvalue weighted by Crippen LogP contribution is 2.31. The molecule has 20 heavy (non-hydrogen) atoms. The second-order valence-electron chi connectivity index (χ2n) is 5.69. The number of carbonyl (C=O) groups is 2. The summed E-state index contributed by atoms with van der Waals surface area (Å²) >= 11 is 0. The molecular formula is C14H28N4O2. The van der Waals surface area contributed by atoms with Gasteiger partial charge in [0.05, 0.1) is 5.41 Å². The zero-order chi connectivity index (χ0) is 15.0. The van der Waals surface area contributed by atoms with Crippen LogP contribution in [0.1, 0.15) is 32.6 Å². The molecule has 3 amide bonds. The van der Waals surface area contributed by atoms with E-state index >= 15 is 0 Å². The lowest BCUT2D eigenvalue weighted by molar-refractivity contribution is -0.132. The highest BCUT2D eigenvalue weighted by atomic mass is 16.2. The second kappa shape index (κ2) is 8.09. The summed E-state index contributed by atoms with van der Waals surface area (Å²) in [6, 6.07) is -0.137. The topological polar surface area (TPSA) is 73.5 Å². The number of urea groups is 1. The van der Waals surface area contributed by atoms with Crippen molar-refractivity contribution >= 4 is 11.9 Å². The van der Waals surface area contributed by atoms with E-state index in [1.807, 2.05) is 0 Å². The van der Waals surface area contributed by atoms with Crippen LogP contribution >= 0.6 is 0 Å². The fourth-order valence-corrected chi connectivity index (χ4v) is 2.66. The van der Waals surface area contributed by atoms with Crippen LogP contribution in [0.25, 0.3) is 0 Å². The lowest BCUT2D eigenvalue weighted by atomic mass is 9.76. The Kier molecular flexibility index (Phi) is 6.78. The molecule has 1 unspecified atom stereocenters. The smallest absolute Gasteiger partial charge is 0.316 e. The van der Waals surface area contributed by atoms with Crippen molar-refractivity contribution in [2.45, 2.75) is 32.6 Å². The van der Waals surface area contributed by atoms with Crippen molar-refractivity contribution < 1.29 is 9.59 Å². The quantitative estimate of drug-likeness (QED) is 0.623. The molecule has 6 heteroatoms. The summed E-state index contributed by atoms with van der Waals surface area (Å²) in [5.74, 6) is 0.116. The van der Waals surface area contributed by atoms with Crippen molar-refractivity contribution in [3.63, 3.8) is 0 Å². The lowest BCUT2D eigenvalue weighted by Crippen LogP contribution is -2.51. The third-order valence-corrected chi connectivity index (χ3v) is 3.78. The van der Waals surface area contributed by atoms with E-state index in [1.165, 1.54) is 4.90 Å². The van der Waals surface area contributed by atoms with Crippen LogP contribution in [0.3, 0.4) is 0 Å². The first kappa shape index (κ1) is 16.8. The molecule has 1 fully saturated rings. The highest BCUT2D eigenvalue weighted by Gasteiger charge is 2.38. The Labute approximate surface area is 121 Å². The Morgan fingerprint density at radius 2 is 1.95 bits per heavy atom. The lowest BCUT2D eigenvalue weighted by Gasteiger charge is -2.36. The van der Waals surface area contributed by atoms with E-state index in [4.69, 9.17) is 0 Å². The molecule has 0 aromatic carbocycles. The minimum absolute atomic E-state index is 0.116. The maximum atomic E-state index is 12.4. The highest BCUT2D eigenvalue weighted by molar-refractivity contribution is 5.83. The number of amides is 3. The van der Waals surface area contributed by atoms with Crippen LogP contribution in [0.15, 0.2) is 0 Å².